The molecule has 1 aliphatic heterocycles. The van der Waals surface area contributed by atoms with Crippen molar-refractivity contribution in [1.82, 2.24) is 4.90 Å². The zero-order chi connectivity index (χ0) is 12.3. The van der Waals surface area contributed by atoms with Crippen molar-refractivity contribution < 1.29 is 0 Å². The minimum Gasteiger partial charge on any atom is -0.383 e. The van der Waals surface area contributed by atoms with E-state index in [2.05, 4.69) is 58.3 Å². The van der Waals surface area contributed by atoms with E-state index in [0.717, 1.165) is 11.0 Å². The number of likely N-dealkylation sites (N-methyl/N-ethyl adjacent to an activating group) is 1. The highest BCUT2D eigenvalue weighted by molar-refractivity contribution is 9.10. The summed E-state index contributed by atoms with van der Waals surface area (Å²) in [5, 5.41) is 3.55. The van der Waals surface area contributed by atoms with Gasteiger partial charge in [0.25, 0.3) is 0 Å². The van der Waals surface area contributed by atoms with E-state index in [9.17, 15) is 0 Å². The fraction of sp³-hybridized carbons (Fsp3) is 0.571. The number of hydrogen-bond acceptors (Lipinski definition) is 2. The summed E-state index contributed by atoms with van der Waals surface area (Å²) in [5.74, 6) is 0. The number of nitrogens with one attached hydrogen (secondary N) is 1. The summed E-state index contributed by atoms with van der Waals surface area (Å²) in [6, 6.07) is 7.14. The molecule has 3 heteroatoms. The molecule has 0 aliphatic carbocycles. The van der Waals surface area contributed by atoms with Gasteiger partial charge in [0.05, 0.1) is 0 Å². The monoisotopic (exact) mass is 296 g/mol. The minimum atomic E-state index is 0.678. The average Bonchev–Trinajstić information content (AvgIpc) is 2.30. The third kappa shape index (κ3) is 3.46. The first kappa shape index (κ1) is 12.9. The van der Waals surface area contributed by atoms with Gasteiger partial charge in [-0.2, -0.15) is 0 Å². The predicted octanol–water partition coefficient (Wildman–Crippen LogP) is 3.65. The Morgan fingerprint density at radius 2 is 2.24 bits per heavy atom. The maximum Gasteiger partial charge on any atom is 0.0485 e. The largest absolute Gasteiger partial charge is 0.383 e. The number of halogens is 1. The predicted molar refractivity (Wildman–Crippen MR) is 77.6 cm³/mol. The molecule has 0 saturated carbocycles. The van der Waals surface area contributed by atoms with Gasteiger partial charge in [-0.1, -0.05) is 12.5 Å². The van der Waals surface area contributed by atoms with Crippen molar-refractivity contribution in [3.05, 3.63) is 28.2 Å². The number of piperidine rings is 1. The van der Waals surface area contributed by atoms with Crippen LogP contribution in [0.15, 0.2) is 22.7 Å². The number of aryl methyl sites for hydroxylation is 1. The van der Waals surface area contributed by atoms with Crippen LogP contribution in [-0.4, -0.2) is 31.1 Å². The Kier molecular flexibility index (Phi) is 4.46. The lowest BCUT2D eigenvalue weighted by Gasteiger charge is -2.32. The molecule has 0 amide bonds. The van der Waals surface area contributed by atoms with Gasteiger partial charge < -0.3 is 10.2 Å². The highest BCUT2D eigenvalue weighted by Gasteiger charge is 2.18. The van der Waals surface area contributed by atoms with Crippen LogP contribution in [0.5, 0.6) is 0 Å². The molecule has 2 rings (SSSR count). The SMILES string of the molecule is Cc1ccc(NCC2CCCCN2C)c(Br)c1. The molecule has 1 saturated heterocycles. The quantitative estimate of drug-likeness (QED) is 0.916. The summed E-state index contributed by atoms with van der Waals surface area (Å²) < 4.78 is 1.16. The van der Waals surface area contributed by atoms with E-state index in [4.69, 9.17) is 0 Å². The second-order valence-corrected chi connectivity index (χ2v) is 5.85. The molecule has 1 fully saturated rings. The molecule has 1 atom stereocenters. The lowest BCUT2D eigenvalue weighted by molar-refractivity contribution is 0.194. The Balaban J connectivity index is 1.92. The molecular weight excluding hydrogens is 276 g/mol. The molecule has 1 aromatic carbocycles. The van der Waals surface area contributed by atoms with Crippen LogP contribution in [0.2, 0.25) is 0 Å². The molecule has 0 aromatic heterocycles. The van der Waals surface area contributed by atoms with Crippen LogP contribution in [0.3, 0.4) is 0 Å². The first-order valence-corrected chi connectivity index (χ1v) is 7.16. The molecule has 2 nitrogen and oxygen atoms in total. The smallest absolute Gasteiger partial charge is 0.0485 e. The summed E-state index contributed by atoms with van der Waals surface area (Å²) in [6.07, 6.45) is 4.03. The van der Waals surface area contributed by atoms with Crippen molar-refractivity contribution >= 4 is 21.6 Å². The van der Waals surface area contributed by atoms with Crippen molar-refractivity contribution in [2.75, 3.05) is 25.5 Å². The number of anilines is 1. The molecule has 1 heterocycles. The van der Waals surface area contributed by atoms with Crippen molar-refractivity contribution in [2.24, 2.45) is 0 Å². The number of benzene rings is 1. The topological polar surface area (TPSA) is 15.3 Å². The lowest BCUT2D eigenvalue weighted by atomic mass is 10.0. The molecule has 1 aromatic rings. The molecule has 1 N–H and O–H groups in total. The highest BCUT2D eigenvalue weighted by atomic mass is 79.9. The molecule has 0 bridgehead atoms. The van der Waals surface area contributed by atoms with Gasteiger partial charge in [-0.15, -0.1) is 0 Å². The van der Waals surface area contributed by atoms with E-state index < -0.39 is 0 Å². The van der Waals surface area contributed by atoms with Crippen LogP contribution in [0.25, 0.3) is 0 Å². The number of rotatable bonds is 3. The highest BCUT2D eigenvalue weighted by Crippen LogP contribution is 2.24. The van der Waals surface area contributed by atoms with E-state index >= 15 is 0 Å². The lowest BCUT2D eigenvalue weighted by Crippen LogP contribution is -2.40. The Bertz CT molecular complexity index is 378. The van der Waals surface area contributed by atoms with Crippen LogP contribution in [0.1, 0.15) is 24.8 Å². The number of hydrogen-bond donors (Lipinski definition) is 1. The first-order chi connectivity index (χ1) is 8.16. The van der Waals surface area contributed by atoms with Gasteiger partial charge in [0, 0.05) is 22.7 Å². The van der Waals surface area contributed by atoms with Crippen molar-refractivity contribution in [2.45, 2.75) is 32.2 Å². The van der Waals surface area contributed by atoms with Crippen molar-refractivity contribution in [3.8, 4) is 0 Å². The zero-order valence-electron chi connectivity index (χ0n) is 10.7. The summed E-state index contributed by atoms with van der Waals surface area (Å²) in [5.41, 5.74) is 2.49. The van der Waals surface area contributed by atoms with Gasteiger partial charge in [0.2, 0.25) is 0 Å². The molecule has 1 unspecified atom stereocenters. The second kappa shape index (κ2) is 5.87. The summed E-state index contributed by atoms with van der Waals surface area (Å²) in [6.45, 7) is 4.39. The van der Waals surface area contributed by atoms with Gasteiger partial charge in [0.1, 0.15) is 0 Å². The second-order valence-electron chi connectivity index (χ2n) is 4.99. The molecule has 0 radical (unpaired) electrons. The maximum atomic E-state index is 3.61. The summed E-state index contributed by atoms with van der Waals surface area (Å²) >= 11 is 3.61. The molecule has 0 spiro atoms. The molecule has 17 heavy (non-hydrogen) atoms. The Morgan fingerprint density at radius 3 is 2.94 bits per heavy atom. The molecule has 94 valence electrons. The van der Waals surface area contributed by atoms with E-state index in [1.165, 1.54) is 37.1 Å². The zero-order valence-corrected chi connectivity index (χ0v) is 12.3. The fourth-order valence-corrected chi connectivity index (χ4v) is 3.03. The van der Waals surface area contributed by atoms with Crippen molar-refractivity contribution in [1.29, 1.82) is 0 Å². The maximum absolute atomic E-state index is 3.61. The van der Waals surface area contributed by atoms with E-state index in [0.29, 0.717) is 6.04 Å². The van der Waals surface area contributed by atoms with Crippen molar-refractivity contribution in [3.63, 3.8) is 0 Å². The summed E-state index contributed by atoms with van der Waals surface area (Å²) in [7, 11) is 2.23. The van der Waals surface area contributed by atoms with Gasteiger partial charge in [0.15, 0.2) is 0 Å². The van der Waals surface area contributed by atoms with Gasteiger partial charge >= 0.3 is 0 Å². The van der Waals surface area contributed by atoms with E-state index in [1.807, 2.05) is 0 Å². The van der Waals surface area contributed by atoms with Gasteiger partial charge in [-0.25, -0.2) is 0 Å². The van der Waals surface area contributed by atoms with Gasteiger partial charge in [-0.3, -0.25) is 0 Å². The Morgan fingerprint density at radius 1 is 1.41 bits per heavy atom. The van der Waals surface area contributed by atoms with Crippen LogP contribution < -0.4 is 5.32 Å². The normalized spacial score (nSPS) is 21.5. The number of likely N-dealkylation sites (tertiary alicyclic amines) is 1. The minimum absolute atomic E-state index is 0.678. The Hall–Kier alpha value is -0.540. The first-order valence-electron chi connectivity index (χ1n) is 6.37. The molecular formula is C14H21BrN2. The summed E-state index contributed by atoms with van der Waals surface area (Å²) in [4.78, 5) is 2.47. The Labute approximate surface area is 113 Å². The van der Waals surface area contributed by atoms with Crippen LogP contribution in [0.4, 0.5) is 5.69 Å². The van der Waals surface area contributed by atoms with Crippen LogP contribution in [-0.2, 0) is 0 Å². The fourth-order valence-electron chi connectivity index (χ4n) is 2.39. The average molecular weight is 297 g/mol. The third-order valence-electron chi connectivity index (χ3n) is 3.57. The van der Waals surface area contributed by atoms with Crippen LogP contribution >= 0.6 is 15.9 Å². The third-order valence-corrected chi connectivity index (χ3v) is 4.23. The van der Waals surface area contributed by atoms with Gasteiger partial charge in [-0.05, 0) is 67.0 Å². The van der Waals surface area contributed by atoms with Crippen LogP contribution in [0, 0.1) is 6.92 Å². The standard InChI is InChI=1S/C14H21BrN2/c1-11-6-7-14(13(15)9-11)16-10-12-5-3-4-8-17(12)2/h6-7,9,12,16H,3-5,8,10H2,1-2H3. The van der Waals surface area contributed by atoms with E-state index in [-0.39, 0.29) is 0 Å². The molecule has 1 aliphatic rings. The number of nitrogens with zero attached hydrogens (tertiary/aromatic N) is 1. The van der Waals surface area contributed by atoms with E-state index in [1.54, 1.807) is 0 Å².